The SMILES string of the molecule is CC1CCCCN1C(=O)NC1CCCCC1C(=O)O. The van der Waals surface area contributed by atoms with Crippen LogP contribution in [0.4, 0.5) is 4.79 Å². The van der Waals surface area contributed by atoms with Crippen molar-refractivity contribution in [2.75, 3.05) is 6.54 Å². The lowest BCUT2D eigenvalue weighted by Crippen LogP contribution is -2.53. The number of amides is 2. The molecular formula is C14H24N2O3. The fourth-order valence-electron chi connectivity index (χ4n) is 3.24. The molecule has 0 radical (unpaired) electrons. The lowest BCUT2D eigenvalue weighted by atomic mass is 9.84. The van der Waals surface area contributed by atoms with Crippen LogP contribution in [0.3, 0.4) is 0 Å². The molecule has 0 spiro atoms. The van der Waals surface area contributed by atoms with Crippen LogP contribution >= 0.6 is 0 Å². The number of likely N-dealkylation sites (tertiary alicyclic amines) is 1. The number of urea groups is 1. The number of rotatable bonds is 2. The predicted molar refractivity (Wildman–Crippen MR) is 71.9 cm³/mol. The largest absolute Gasteiger partial charge is 0.481 e. The first-order valence-corrected chi connectivity index (χ1v) is 7.39. The average Bonchev–Trinajstić information content (AvgIpc) is 2.39. The van der Waals surface area contributed by atoms with Crippen LogP contribution in [0.15, 0.2) is 0 Å². The number of carbonyl (C=O) groups excluding carboxylic acids is 1. The maximum Gasteiger partial charge on any atom is 0.317 e. The summed E-state index contributed by atoms with van der Waals surface area (Å²) in [4.78, 5) is 25.3. The maximum absolute atomic E-state index is 12.3. The van der Waals surface area contributed by atoms with Crippen LogP contribution in [-0.2, 0) is 4.79 Å². The molecule has 3 atom stereocenters. The third kappa shape index (κ3) is 3.39. The first-order valence-electron chi connectivity index (χ1n) is 7.39. The van der Waals surface area contributed by atoms with Crippen LogP contribution in [-0.4, -0.2) is 40.6 Å². The van der Waals surface area contributed by atoms with Crippen LogP contribution < -0.4 is 5.32 Å². The van der Waals surface area contributed by atoms with Gasteiger partial charge < -0.3 is 15.3 Å². The Hall–Kier alpha value is -1.26. The molecule has 1 aliphatic heterocycles. The van der Waals surface area contributed by atoms with E-state index < -0.39 is 11.9 Å². The standard InChI is InChI=1S/C14H24N2O3/c1-10-6-4-5-9-16(10)14(19)15-12-8-3-2-7-11(12)13(17)18/h10-12H,2-9H2,1H3,(H,15,19)(H,17,18). The van der Waals surface area contributed by atoms with Crippen molar-refractivity contribution >= 4 is 12.0 Å². The molecule has 0 aromatic carbocycles. The Morgan fingerprint density at radius 3 is 2.47 bits per heavy atom. The fourth-order valence-corrected chi connectivity index (χ4v) is 3.24. The minimum absolute atomic E-state index is 0.0784. The number of nitrogens with one attached hydrogen (secondary N) is 1. The normalized spacial score (nSPS) is 31.8. The molecule has 3 unspecified atom stereocenters. The Labute approximate surface area is 114 Å². The van der Waals surface area contributed by atoms with Crippen molar-refractivity contribution in [2.24, 2.45) is 5.92 Å². The number of nitrogens with zero attached hydrogens (tertiary/aromatic N) is 1. The Morgan fingerprint density at radius 1 is 1.11 bits per heavy atom. The van der Waals surface area contributed by atoms with E-state index in [0.29, 0.717) is 6.42 Å². The summed E-state index contributed by atoms with van der Waals surface area (Å²) in [5.74, 6) is -1.20. The summed E-state index contributed by atoms with van der Waals surface area (Å²) in [5, 5.41) is 12.2. The average molecular weight is 268 g/mol. The zero-order chi connectivity index (χ0) is 13.8. The van der Waals surface area contributed by atoms with E-state index in [1.807, 2.05) is 4.90 Å². The van der Waals surface area contributed by atoms with Crippen LogP contribution in [0.2, 0.25) is 0 Å². The summed E-state index contributed by atoms with van der Waals surface area (Å²) >= 11 is 0. The molecule has 0 aromatic heterocycles. The van der Waals surface area contributed by atoms with Crippen LogP contribution in [0.25, 0.3) is 0 Å². The first-order chi connectivity index (χ1) is 9.09. The van der Waals surface area contributed by atoms with E-state index in [-0.39, 0.29) is 18.1 Å². The second kappa shape index (κ2) is 6.26. The molecule has 5 nitrogen and oxygen atoms in total. The number of carbonyl (C=O) groups is 2. The molecule has 1 saturated carbocycles. The second-order valence-electron chi connectivity index (χ2n) is 5.82. The zero-order valence-corrected chi connectivity index (χ0v) is 11.6. The first kappa shape index (κ1) is 14.2. The highest BCUT2D eigenvalue weighted by Gasteiger charge is 2.33. The van der Waals surface area contributed by atoms with Crippen LogP contribution in [0.1, 0.15) is 51.9 Å². The van der Waals surface area contributed by atoms with E-state index in [4.69, 9.17) is 0 Å². The van der Waals surface area contributed by atoms with Gasteiger partial charge in [0.15, 0.2) is 0 Å². The van der Waals surface area contributed by atoms with Crippen molar-refractivity contribution in [1.82, 2.24) is 10.2 Å². The summed E-state index contributed by atoms with van der Waals surface area (Å²) in [6.07, 6.45) is 6.67. The van der Waals surface area contributed by atoms with Crippen molar-refractivity contribution in [1.29, 1.82) is 0 Å². The molecular weight excluding hydrogens is 244 g/mol. The third-order valence-corrected chi connectivity index (χ3v) is 4.46. The second-order valence-corrected chi connectivity index (χ2v) is 5.82. The number of hydrogen-bond acceptors (Lipinski definition) is 2. The lowest BCUT2D eigenvalue weighted by molar-refractivity contribution is -0.143. The molecule has 2 N–H and O–H groups in total. The molecule has 108 valence electrons. The van der Waals surface area contributed by atoms with Crippen molar-refractivity contribution in [2.45, 2.75) is 64.0 Å². The Balaban J connectivity index is 1.94. The quantitative estimate of drug-likeness (QED) is 0.806. The van der Waals surface area contributed by atoms with E-state index >= 15 is 0 Å². The van der Waals surface area contributed by atoms with Crippen molar-refractivity contribution in [3.63, 3.8) is 0 Å². The van der Waals surface area contributed by atoms with Gasteiger partial charge in [0.25, 0.3) is 0 Å². The van der Waals surface area contributed by atoms with E-state index in [2.05, 4.69) is 12.2 Å². The van der Waals surface area contributed by atoms with Gasteiger partial charge in [0, 0.05) is 18.6 Å². The zero-order valence-electron chi connectivity index (χ0n) is 11.6. The van der Waals surface area contributed by atoms with Gasteiger partial charge in [-0.25, -0.2) is 4.79 Å². The number of carboxylic acid groups (broad SMARTS) is 1. The summed E-state index contributed by atoms with van der Waals surface area (Å²) in [6.45, 7) is 2.85. The molecule has 19 heavy (non-hydrogen) atoms. The molecule has 0 aromatic rings. The highest BCUT2D eigenvalue weighted by molar-refractivity contribution is 5.77. The smallest absolute Gasteiger partial charge is 0.317 e. The van der Waals surface area contributed by atoms with Crippen molar-refractivity contribution < 1.29 is 14.7 Å². The van der Waals surface area contributed by atoms with Crippen LogP contribution in [0, 0.1) is 5.92 Å². The number of piperidine rings is 1. The van der Waals surface area contributed by atoms with Gasteiger partial charge >= 0.3 is 12.0 Å². The topological polar surface area (TPSA) is 69.6 Å². The molecule has 2 fully saturated rings. The van der Waals surface area contributed by atoms with Gasteiger partial charge in [0.1, 0.15) is 0 Å². The fraction of sp³-hybridized carbons (Fsp3) is 0.857. The maximum atomic E-state index is 12.3. The number of hydrogen-bond donors (Lipinski definition) is 2. The Kier molecular flexibility index (Phi) is 4.66. The molecule has 2 rings (SSSR count). The van der Waals surface area contributed by atoms with Gasteiger partial charge in [-0.1, -0.05) is 12.8 Å². The minimum Gasteiger partial charge on any atom is -0.481 e. The minimum atomic E-state index is -0.781. The van der Waals surface area contributed by atoms with E-state index in [1.54, 1.807) is 0 Å². The molecule has 1 saturated heterocycles. The van der Waals surface area contributed by atoms with Gasteiger partial charge in [0.2, 0.25) is 0 Å². The summed E-state index contributed by atoms with van der Waals surface area (Å²) in [6, 6.07) is -0.0150. The molecule has 5 heteroatoms. The Bertz CT molecular complexity index is 346. The Morgan fingerprint density at radius 2 is 1.79 bits per heavy atom. The molecule has 1 heterocycles. The monoisotopic (exact) mass is 268 g/mol. The van der Waals surface area contributed by atoms with Crippen molar-refractivity contribution in [3.8, 4) is 0 Å². The highest BCUT2D eigenvalue weighted by atomic mass is 16.4. The molecule has 0 bridgehead atoms. The van der Waals surface area contributed by atoms with E-state index in [1.165, 1.54) is 6.42 Å². The molecule has 2 amide bonds. The summed E-state index contributed by atoms with van der Waals surface area (Å²) in [7, 11) is 0. The van der Waals surface area contributed by atoms with E-state index in [0.717, 1.165) is 38.6 Å². The van der Waals surface area contributed by atoms with Crippen LogP contribution in [0.5, 0.6) is 0 Å². The number of carboxylic acids is 1. The summed E-state index contributed by atoms with van der Waals surface area (Å²) < 4.78 is 0. The third-order valence-electron chi connectivity index (χ3n) is 4.46. The van der Waals surface area contributed by atoms with Gasteiger partial charge in [0.05, 0.1) is 5.92 Å². The highest BCUT2D eigenvalue weighted by Crippen LogP contribution is 2.25. The number of aliphatic carboxylic acids is 1. The van der Waals surface area contributed by atoms with Gasteiger partial charge in [-0.15, -0.1) is 0 Å². The van der Waals surface area contributed by atoms with Gasteiger partial charge in [-0.2, -0.15) is 0 Å². The molecule has 2 aliphatic rings. The van der Waals surface area contributed by atoms with E-state index in [9.17, 15) is 14.7 Å². The summed E-state index contributed by atoms with van der Waals surface area (Å²) in [5.41, 5.74) is 0. The molecule has 1 aliphatic carbocycles. The lowest BCUT2D eigenvalue weighted by Gasteiger charge is -2.36. The van der Waals surface area contributed by atoms with Gasteiger partial charge in [-0.05, 0) is 39.0 Å². The van der Waals surface area contributed by atoms with Crippen molar-refractivity contribution in [3.05, 3.63) is 0 Å². The van der Waals surface area contributed by atoms with Gasteiger partial charge in [-0.3, -0.25) is 4.79 Å². The predicted octanol–water partition coefficient (Wildman–Crippen LogP) is 2.21.